The van der Waals surface area contributed by atoms with Crippen molar-refractivity contribution in [2.24, 2.45) is 0 Å². The molecule has 1 aromatic heterocycles. The fourth-order valence-corrected chi connectivity index (χ4v) is 3.46. The van der Waals surface area contributed by atoms with Crippen molar-refractivity contribution in [3.63, 3.8) is 0 Å². The summed E-state index contributed by atoms with van der Waals surface area (Å²) in [4.78, 5) is 16.1. The van der Waals surface area contributed by atoms with Crippen LogP contribution in [0.2, 0.25) is 0 Å². The summed E-state index contributed by atoms with van der Waals surface area (Å²) >= 11 is 0. The Hall–Kier alpha value is -3.08. The zero-order valence-corrected chi connectivity index (χ0v) is 17.9. The van der Waals surface area contributed by atoms with Gasteiger partial charge in [0.05, 0.1) is 17.6 Å². The number of nitrogens with zero attached hydrogens (tertiary/aromatic N) is 2. The topological polar surface area (TPSA) is 56.2 Å². The molecule has 5 nitrogen and oxygen atoms in total. The largest absolute Gasteiger partial charge is 0.494 e. The average Bonchev–Trinajstić information content (AvgIpc) is 3.11. The van der Waals surface area contributed by atoms with Crippen LogP contribution in [0.4, 0.5) is 0 Å². The molecule has 0 aliphatic carbocycles. The molecule has 0 spiro atoms. The van der Waals surface area contributed by atoms with Gasteiger partial charge in [-0.05, 0) is 54.7 Å². The summed E-state index contributed by atoms with van der Waals surface area (Å²) in [6.07, 6.45) is 3.84. The third-order valence-corrected chi connectivity index (χ3v) is 5.14. The number of amides is 1. The van der Waals surface area contributed by atoms with Gasteiger partial charge in [0.1, 0.15) is 11.6 Å². The highest BCUT2D eigenvalue weighted by atomic mass is 16.5. The van der Waals surface area contributed by atoms with Gasteiger partial charge in [-0.3, -0.25) is 4.79 Å². The van der Waals surface area contributed by atoms with Gasteiger partial charge in [-0.15, -0.1) is 0 Å². The quantitative estimate of drug-likeness (QED) is 0.366. The molecule has 1 amide bonds. The van der Waals surface area contributed by atoms with Gasteiger partial charge in [-0.25, -0.2) is 4.98 Å². The maximum Gasteiger partial charge on any atom is 0.243 e. The molecule has 30 heavy (non-hydrogen) atoms. The lowest BCUT2D eigenvalue weighted by Crippen LogP contribution is -2.22. The van der Waals surface area contributed by atoms with Crippen LogP contribution in [0.5, 0.6) is 5.75 Å². The number of carbonyl (C=O) groups is 1. The van der Waals surface area contributed by atoms with E-state index in [0.717, 1.165) is 48.4 Å². The van der Waals surface area contributed by atoms with Crippen LogP contribution in [0.15, 0.2) is 61.2 Å². The molecule has 0 fully saturated rings. The minimum absolute atomic E-state index is 0.137. The number of ether oxygens (including phenoxy) is 1. The Balaban J connectivity index is 1.57. The van der Waals surface area contributed by atoms with E-state index in [1.54, 1.807) is 0 Å². The summed E-state index contributed by atoms with van der Waals surface area (Å²) in [5.74, 6) is 2.34. The number of para-hydroxylation sites is 2. The third kappa shape index (κ3) is 5.72. The second-order valence-corrected chi connectivity index (χ2v) is 7.69. The molecule has 0 saturated carbocycles. The number of carbonyl (C=O) groups excluding carboxylic acids is 1. The summed E-state index contributed by atoms with van der Waals surface area (Å²) in [6.45, 7) is 9.97. The predicted octanol–water partition coefficient (Wildman–Crippen LogP) is 4.86. The van der Waals surface area contributed by atoms with Gasteiger partial charge in [0.2, 0.25) is 5.91 Å². The molecule has 1 heterocycles. The molecule has 3 rings (SSSR count). The highest BCUT2D eigenvalue weighted by Gasteiger charge is 2.10. The van der Waals surface area contributed by atoms with Gasteiger partial charge in [-0.2, -0.15) is 0 Å². The molecular weight excluding hydrogens is 374 g/mol. The van der Waals surface area contributed by atoms with Crippen molar-refractivity contribution in [3.05, 3.63) is 72.6 Å². The molecule has 0 aliphatic heterocycles. The van der Waals surface area contributed by atoms with Crippen molar-refractivity contribution in [1.29, 1.82) is 0 Å². The number of hydrogen-bond acceptors (Lipinski definition) is 3. The number of benzene rings is 2. The highest BCUT2D eigenvalue weighted by Crippen LogP contribution is 2.20. The Kier molecular flexibility index (Phi) is 7.66. The predicted molar refractivity (Wildman–Crippen MR) is 122 cm³/mol. The lowest BCUT2D eigenvalue weighted by molar-refractivity contribution is -0.116. The van der Waals surface area contributed by atoms with Gasteiger partial charge in [0.25, 0.3) is 0 Å². The Labute approximate surface area is 178 Å². The SMILES string of the molecule is C=CC(=O)NCCCc1nc2ccccc2n1CCCOc1ccc(C(C)C)cc1. The first-order valence-electron chi connectivity index (χ1n) is 10.7. The first kappa shape index (κ1) is 21.6. The molecule has 0 saturated heterocycles. The van der Waals surface area contributed by atoms with Crippen LogP contribution in [0.3, 0.4) is 0 Å². The van der Waals surface area contributed by atoms with Crippen molar-refractivity contribution in [2.75, 3.05) is 13.2 Å². The molecule has 5 heteroatoms. The fourth-order valence-electron chi connectivity index (χ4n) is 3.46. The maximum absolute atomic E-state index is 11.3. The minimum Gasteiger partial charge on any atom is -0.494 e. The number of fused-ring (bicyclic) bond motifs is 1. The summed E-state index contributed by atoms with van der Waals surface area (Å²) < 4.78 is 8.21. The summed E-state index contributed by atoms with van der Waals surface area (Å²) in [5.41, 5.74) is 3.47. The summed E-state index contributed by atoms with van der Waals surface area (Å²) in [5, 5.41) is 2.82. The zero-order chi connectivity index (χ0) is 21.3. The average molecular weight is 406 g/mol. The Morgan fingerprint density at radius 3 is 2.67 bits per heavy atom. The van der Waals surface area contributed by atoms with Gasteiger partial charge in [0.15, 0.2) is 0 Å². The monoisotopic (exact) mass is 405 g/mol. The second kappa shape index (κ2) is 10.6. The molecule has 0 unspecified atom stereocenters. The van der Waals surface area contributed by atoms with E-state index in [2.05, 4.69) is 48.5 Å². The maximum atomic E-state index is 11.3. The van der Waals surface area contributed by atoms with E-state index in [4.69, 9.17) is 9.72 Å². The fraction of sp³-hybridized carbons (Fsp3) is 0.360. The molecule has 0 radical (unpaired) electrons. The Morgan fingerprint density at radius 1 is 1.17 bits per heavy atom. The van der Waals surface area contributed by atoms with E-state index in [1.165, 1.54) is 11.6 Å². The number of aromatic nitrogens is 2. The highest BCUT2D eigenvalue weighted by molar-refractivity contribution is 5.86. The molecule has 1 N–H and O–H groups in total. The molecule has 0 bridgehead atoms. The molecular formula is C25H31N3O2. The van der Waals surface area contributed by atoms with E-state index in [-0.39, 0.29) is 5.91 Å². The van der Waals surface area contributed by atoms with E-state index in [1.807, 2.05) is 30.3 Å². The minimum atomic E-state index is -0.137. The molecule has 0 aliphatic rings. The van der Waals surface area contributed by atoms with Crippen LogP contribution in [0, 0.1) is 0 Å². The normalized spacial score (nSPS) is 11.0. The van der Waals surface area contributed by atoms with Crippen molar-refractivity contribution >= 4 is 16.9 Å². The molecule has 2 aromatic carbocycles. The van der Waals surface area contributed by atoms with Crippen LogP contribution in [-0.4, -0.2) is 28.6 Å². The van der Waals surface area contributed by atoms with Crippen LogP contribution in [-0.2, 0) is 17.8 Å². The van der Waals surface area contributed by atoms with Crippen molar-refractivity contribution < 1.29 is 9.53 Å². The van der Waals surface area contributed by atoms with Crippen LogP contribution in [0.1, 0.15) is 44.0 Å². The van der Waals surface area contributed by atoms with Gasteiger partial charge in [0, 0.05) is 19.5 Å². The lowest BCUT2D eigenvalue weighted by atomic mass is 10.0. The number of rotatable bonds is 11. The van der Waals surface area contributed by atoms with E-state index < -0.39 is 0 Å². The van der Waals surface area contributed by atoms with Crippen molar-refractivity contribution in [1.82, 2.24) is 14.9 Å². The van der Waals surface area contributed by atoms with Gasteiger partial charge < -0.3 is 14.6 Å². The van der Waals surface area contributed by atoms with E-state index in [9.17, 15) is 4.79 Å². The van der Waals surface area contributed by atoms with Crippen LogP contribution >= 0.6 is 0 Å². The summed E-state index contributed by atoms with van der Waals surface area (Å²) in [7, 11) is 0. The Bertz CT molecular complexity index is 974. The first-order chi connectivity index (χ1) is 14.6. The Morgan fingerprint density at radius 2 is 1.93 bits per heavy atom. The standard InChI is InChI=1S/C25H31N3O2/c1-4-25(29)26-16-7-11-24-27-22-9-5-6-10-23(22)28(24)17-8-18-30-21-14-12-20(13-15-21)19(2)3/h4-6,9-10,12-15,19H,1,7-8,11,16-18H2,2-3H3,(H,26,29). The smallest absolute Gasteiger partial charge is 0.243 e. The number of nitrogens with one attached hydrogen (secondary N) is 1. The number of imidazole rings is 1. The lowest BCUT2D eigenvalue weighted by Gasteiger charge is -2.11. The van der Waals surface area contributed by atoms with E-state index >= 15 is 0 Å². The second-order valence-electron chi connectivity index (χ2n) is 7.69. The molecule has 0 atom stereocenters. The molecule has 3 aromatic rings. The van der Waals surface area contributed by atoms with Crippen molar-refractivity contribution in [2.45, 2.75) is 45.6 Å². The van der Waals surface area contributed by atoms with Gasteiger partial charge >= 0.3 is 0 Å². The first-order valence-corrected chi connectivity index (χ1v) is 10.7. The third-order valence-electron chi connectivity index (χ3n) is 5.14. The number of aryl methyl sites for hydroxylation is 2. The van der Waals surface area contributed by atoms with E-state index in [0.29, 0.717) is 19.1 Å². The zero-order valence-electron chi connectivity index (χ0n) is 17.9. The van der Waals surface area contributed by atoms with Crippen LogP contribution in [0.25, 0.3) is 11.0 Å². The van der Waals surface area contributed by atoms with Crippen molar-refractivity contribution in [3.8, 4) is 5.75 Å². The van der Waals surface area contributed by atoms with Crippen LogP contribution < -0.4 is 10.1 Å². The number of hydrogen-bond donors (Lipinski definition) is 1. The van der Waals surface area contributed by atoms with Gasteiger partial charge in [-0.1, -0.05) is 44.7 Å². The summed E-state index contributed by atoms with van der Waals surface area (Å²) in [6, 6.07) is 16.6. The molecule has 158 valence electrons.